The third-order valence-corrected chi connectivity index (χ3v) is 8.99. The lowest BCUT2D eigenvalue weighted by atomic mass is 9.87. The molecule has 1 aliphatic heterocycles. The average molecular weight is 556 g/mol. The number of imide groups is 1. The molecule has 204 valence electrons. The molecule has 1 saturated carbocycles. The Morgan fingerprint density at radius 3 is 2.45 bits per heavy atom. The van der Waals surface area contributed by atoms with Gasteiger partial charge in [-0.1, -0.05) is 37.5 Å². The maximum atomic E-state index is 13.7. The SMILES string of the molecule is Cc1ccc2nc(-c3ccc(N4C(=O)CC(N(Cc5ccc(F)cc5)C(=O)C5CCCCC5)C4=O)cc3)sc2c1. The number of carbonyl (C=O) groups is 3. The Hall–Kier alpha value is -3.91. The van der Waals surface area contributed by atoms with Crippen LogP contribution in [0, 0.1) is 18.7 Å². The minimum atomic E-state index is -0.890. The number of benzene rings is 3. The highest BCUT2D eigenvalue weighted by atomic mass is 32.1. The zero-order valence-electron chi connectivity index (χ0n) is 22.3. The van der Waals surface area contributed by atoms with Gasteiger partial charge in [0.2, 0.25) is 11.8 Å². The van der Waals surface area contributed by atoms with E-state index in [1.165, 1.54) is 22.6 Å². The van der Waals surface area contributed by atoms with Crippen LogP contribution in [0.3, 0.4) is 0 Å². The van der Waals surface area contributed by atoms with Crippen LogP contribution in [0.4, 0.5) is 10.1 Å². The minimum absolute atomic E-state index is 0.0720. The Labute approximate surface area is 236 Å². The molecule has 1 saturated heterocycles. The van der Waals surface area contributed by atoms with Gasteiger partial charge < -0.3 is 4.90 Å². The third-order valence-electron chi connectivity index (χ3n) is 7.92. The van der Waals surface area contributed by atoms with Crippen LogP contribution in [0.15, 0.2) is 66.7 Å². The largest absolute Gasteiger partial charge is 0.326 e. The van der Waals surface area contributed by atoms with Crippen molar-refractivity contribution in [1.82, 2.24) is 9.88 Å². The minimum Gasteiger partial charge on any atom is -0.326 e. The number of carbonyl (C=O) groups excluding carboxylic acids is 3. The highest BCUT2D eigenvalue weighted by Gasteiger charge is 2.45. The number of rotatable bonds is 6. The second kappa shape index (κ2) is 10.9. The summed E-state index contributed by atoms with van der Waals surface area (Å²) >= 11 is 1.60. The van der Waals surface area contributed by atoms with E-state index in [1.54, 1.807) is 40.5 Å². The lowest BCUT2D eigenvalue weighted by Gasteiger charge is -2.32. The molecular formula is C32H30FN3O3S. The van der Waals surface area contributed by atoms with Crippen molar-refractivity contribution in [1.29, 1.82) is 0 Å². The summed E-state index contributed by atoms with van der Waals surface area (Å²) in [6.45, 7) is 2.21. The molecule has 0 N–H and O–H groups in total. The van der Waals surface area contributed by atoms with Gasteiger partial charge in [0.05, 0.1) is 22.3 Å². The van der Waals surface area contributed by atoms with Crippen LogP contribution < -0.4 is 4.90 Å². The lowest BCUT2D eigenvalue weighted by molar-refractivity contribution is -0.143. The molecule has 1 unspecified atom stereocenters. The highest BCUT2D eigenvalue weighted by Crippen LogP contribution is 2.34. The summed E-state index contributed by atoms with van der Waals surface area (Å²) in [6.07, 6.45) is 4.55. The predicted octanol–water partition coefficient (Wildman–Crippen LogP) is 6.65. The van der Waals surface area contributed by atoms with E-state index < -0.39 is 11.9 Å². The molecule has 2 fully saturated rings. The first-order valence-electron chi connectivity index (χ1n) is 13.8. The molecule has 0 bridgehead atoms. The molecule has 6 nitrogen and oxygen atoms in total. The van der Waals surface area contributed by atoms with E-state index in [2.05, 4.69) is 13.0 Å². The molecule has 4 aromatic rings. The summed E-state index contributed by atoms with van der Waals surface area (Å²) in [4.78, 5) is 48.1. The van der Waals surface area contributed by atoms with E-state index in [0.29, 0.717) is 5.69 Å². The van der Waals surface area contributed by atoms with Crippen molar-refractivity contribution in [3.8, 4) is 10.6 Å². The molecule has 0 spiro atoms. The van der Waals surface area contributed by atoms with Crippen LogP contribution in [0.1, 0.15) is 49.7 Å². The van der Waals surface area contributed by atoms with Gasteiger partial charge in [0, 0.05) is 18.0 Å². The van der Waals surface area contributed by atoms with Gasteiger partial charge in [-0.25, -0.2) is 14.3 Å². The summed E-state index contributed by atoms with van der Waals surface area (Å²) in [6, 6.07) is 18.5. The Bertz CT molecular complexity index is 1580. The van der Waals surface area contributed by atoms with Crippen LogP contribution >= 0.6 is 11.3 Å². The van der Waals surface area contributed by atoms with E-state index in [1.807, 2.05) is 24.3 Å². The normalized spacial score (nSPS) is 18.1. The fourth-order valence-electron chi connectivity index (χ4n) is 5.75. The number of halogens is 1. The smallest absolute Gasteiger partial charge is 0.257 e. The van der Waals surface area contributed by atoms with Crippen molar-refractivity contribution in [3.63, 3.8) is 0 Å². The van der Waals surface area contributed by atoms with Crippen LogP contribution in [-0.4, -0.2) is 33.6 Å². The molecule has 40 heavy (non-hydrogen) atoms. The zero-order valence-corrected chi connectivity index (χ0v) is 23.1. The van der Waals surface area contributed by atoms with E-state index in [0.717, 1.165) is 58.5 Å². The van der Waals surface area contributed by atoms with E-state index in [4.69, 9.17) is 4.98 Å². The second-order valence-electron chi connectivity index (χ2n) is 10.8. The quantitative estimate of drug-likeness (QED) is 0.250. The molecule has 6 rings (SSSR count). The Morgan fingerprint density at radius 1 is 1.00 bits per heavy atom. The van der Waals surface area contributed by atoms with Gasteiger partial charge >= 0.3 is 0 Å². The Balaban J connectivity index is 1.25. The summed E-state index contributed by atoms with van der Waals surface area (Å²) in [5.74, 6) is -1.36. The van der Waals surface area contributed by atoms with Crippen molar-refractivity contribution in [2.75, 3.05) is 4.90 Å². The lowest BCUT2D eigenvalue weighted by Crippen LogP contribution is -2.47. The molecule has 0 radical (unpaired) electrons. The number of thiazole rings is 1. The van der Waals surface area contributed by atoms with Crippen molar-refractivity contribution in [3.05, 3.63) is 83.7 Å². The molecular weight excluding hydrogens is 525 g/mol. The molecule has 1 atom stereocenters. The number of aromatic nitrogens is 1. The monoisotopic (exact) mass is 555 g/mol. The fraction of sp³-hybridized carbons (Fsp3) is 0.312. The first kappa shape index (κ1) is 26.3. The predicted molar refractivity (Wildman–Crippen MR) is 154 cm³/mol. The van der Waals surface area contributed by atoms with Crippen molar-refractivity contribution in [2.24, 2.45) is 5.92 Å². The molecule has 2 heterocycles. The summed E-state index contributed by atoms with van der Waals surface area (Å²) in [5, 5.41) is 0.868. The van der Waals surface area contributed by atoms with Crippen molar-refractivity contribution in [2.45, 2.75) is 58.0 Å². The van der Waals surface area contributed by atoms with Crippen LogP contribution in [0.5, 0.6) is 0 Å². The van der Waals surface area contributed by atoms with E-state index >= 15 is 0 Å². The number of fused-ring (bicyclic) bond motifs is 1. The molecule has 3 amide bonds. The second-order valence-corrected chi connectivity index (χ2v) is 11.8. The summed E-state index contributed by atoms with van der Waals surface area (Å²) < 4.78 is 14.7. The summed E-state index contributed by atoms with van der Waals surface area (Å²) in [5.41, 5.74) is 4.22. The molecule has 1 aliphatic carbocycles. The molecule has 8 heteroatoms. The number of aryl methyl sites for hydroxylation is 1. The number of nitrogens with zero attached hydrogens (tertiary/aromatic N) is 3. The van der Waals surface area contributed by atoms with Gasteiger partial charge in [0.1, 0.15) is 16.9 Å². The fourth-order valence-corrected chi connectivity index (χ4v) is 6.82. The molecule has 1 aromatic heterocycles. The first-order chi connectivity index (χ1) is 19.4. The van der Waals surface area contributed by atoms with Gasteiger partial charge in [0.15, 0.2) is 0 Å². The first-order valence-corrected chi connectivity index (χ1v) is 14.6. The number of hydrogen-bond donors (Lipinski definition) is 0. The number of amides is 3. The summed E-state index contributed by atoms with van der Waals surface area (Å²) in [7, 11) is 0. The topological polar surface area (TPSA) is 70.6 Å². The third kappa shape index (κ3) is 5.16. The van der Waals surface area contributed by atoms with Gasteiger partial charge in [-0.3, -0.25) is 14.4 Å². The number of hydrogen-bond acceptors (Lipinski definition) is 5. The van der Waals surface area contributed by atoms with Crippen LogP contribution in [0.2, 0.25) is 0 Å². The average Bonchev–Trinajstić information content (AvgIpc) is 3.52. The highest BCUT2D eigenvalue weighted by molar-refractivity contribution is 7.21. The van der Waals surface area contributed by atoms with Crippen LogP contribution in [-0.2, 0) is 20.9 Å². The van der Waals surface area contributed by atoms with Crippen molar-refractivity contribution >= 4 is 45.0 Å². The Morgan fingerprint density at radius 2 is 1.73 bits per heavy atom. The van der Waals surface area contributed by atoms with Gasteiger partial charge in [-0.2, -0.15) is 0 Å². The van der Waals surface area contributed by atoms with E-state index in [-0.39, 0.29) is 36.5 Å². The molecule has 2 aliphatic rings. The molecule has 3 aromatic carbocycles. The Kier molecular flexibility index (Phi) is 7.19. The maximum Gasteiger partial charge on any atom is 0.257 e. The zero-order chi connectivity index (χ0) is 27.8. The standard InChI is InChI=1S/C32H30FN3O3S/c1-20-7-16-26-28(17-20)40-30(34-26)22-10-14-25(15-11-22)36-29(37)18-27(32(36)39)35(19-21-8-12-24(33)13-9-21)31(38)23-5-3-2-4-6-23/h7-17,23,27H,2-6,18-19H2,1H3. The van der Waals surface area contributed by atoms with Crippen molar-refractivity contribution < 1.29 is 18.8 Å². The van der Waals surface area contributed by atoms with Gasteiger partial charge in [-0.15, -0.1) is 11.3 Å². The van der Waals surface area contributed by atoms with Gasteiger partial charge in [-0.05, 0) is 79.4 Å². The maximum absolute atomic E-state index is 13.7. The number of anilines is 1. The van der Waals surface area contributed by atoms with Gasteiger partial charge in [0.25, 0.3) is 5.91 Å². The van der Waals surface area contributed by atoms with Crippen LogP contribution in [0.25, 0.3) is 20.8 Å². The van der Waals surface area contributed by atoms with E-state index in [9.17, 15) is 18.8 Å².